The average molecular weight is 424 g/mol. The third kappa shape index (κ3) is 6.29. The second-order valence-corrected chi connectivity index (χ2v) is 15.5. The van der Waals surface area contributed by atoms with Gasteiger partial charge in [-0.2, -0.15) is 0 Å². The number of ether oxygens (including phenoxy) is 1. The number of rotatable bonds is 8. The molecule has 0 bridgehead atoms. The summed E-state index contributed by atoms with van der Waals surface area (Å²) in [6, 6.07) is -0.248. The predicted octanol–water partition coefficient (Wildman–Crippen LogP) is 6.07. The van der Waals surface area contributed by atoms with E-state index in [0.29, 0.717) is 32.3 Å². The highest BCUT2D eigenvalue weighted by Crippen LogP contribution is 2.44. The molecule has 1 atom stereocenters. The van der Waals surface area contributed by atoms with Crippen LogP contribution in [-0.4, -0.2) is 43.5 Å². The predicted molar refractivity (Wildman–Crippen MR) is 121 cm³/mol. The Hall–Kier alpha value is -1.40. The number of likely N-dealkylation sites (tertiary alicyclic amines) is 1. The minimum atomic E-state index is -1.90. The third-order valence-electron chi connectivity index (χ3n) is 6.04. The highest BCUT2D eigenvalue weighted by atomic mass is 28.4. The zero-order valence-electron chi connectivity index (χ0n) is 19.8. The average Bonchev–Trinajstić information content (AvgIpc) is 2.77. The Kier molecular flexibility index (Phi) is 8.10. The topological polar surface area (TPSA) is 55.8 Å². The summed E-state index contributed by atoms with van der Waals surface area (Å²) in [5.74, 6) is -0.191. The van der Waals surface area contributed by atoms with Crippen molar-refractivity contribution >= 4 is 20.3 Å². The maximum atomic E-state index is 13.4. The van der Waals surface area contributed by atoms with E-state index in [9.17, 15) is 9.59 Å². The normalized spacial score (nSPS) is 19.9. The quantitative estimate of drug-likeness (QED) is 0.351. The molecule has 0 aromatic rings. The number of hydrogen-bond acceptors (Lipinski definition) is 4. The summed E-state index contributed by atoms with van der Waals surface area (Å²) >= 11 is 0. The molecular formula is C23H41NO4Si. The van der Waals surface area contributed by atoms with Gasteiger partial charge >= 0.3 is 6.09 Å². The van der Waals surface area contributed by atoms with Crippen LogP contribution in [0.1, 0.15) is 67.2 Å². The molecule has 0 spiro atoms. The molecule has 1 aliphatic rings. The van der Waals surface area contributed by atoms with E-state index in [-0.39, 0.29) is 17.0 Å². The van der Waals surface area contributed by atoms with Crippen LogP contribution in [0.2, 0.25) is 18.1 Å². The van der Waals surface area contributed by atoms with Gasteiger partial charge in [-0.25, -0.2) is 9.69 Å². The van der Waals surface area contributed by atoms with Crippen LogP contribution >= 0.6 is 0 Å². The van der Waals surface area contributed by atoms with E-state index in [1.807, 2.05) is 20.8 Å². The molecule has 0 aromatic carbocycles. The lowest BCUT2D eigenvalue weighted by atomic mass is 9.78. The van der Waals surface area contributed by atoms with Gasteiger partial charge in [-0.15, -0.1) is 13.2 Å². The summed E-state index contributed by atoms with van der Waals surface area (Å²) < 4.78 is 11.9. The van der Waals surface area contributed by atoms with E-state index in [1.54, 1.807) is 12.2 Å². The molecule has 166 valence electrons. The van der Waals surface area contributed by atoms with Crippen LogP contribution in [0, 0.1) is 5.41 Å². The zero-order chi connectivity index (χ0) is 22.7. The SMILES string of the molecule is C=CCC1(CC=C)C[C@H](CCO[Si](C)(C)C(C)(C)C)N(C(=O)OC(C)(C)C)C1=O. The largest absolute Gasteiger partial charge is 0.443 e. The Morgan fingerprint density at radius 3 is 2.10 bits per heavy atom. The fourth-order valence-corrected chi connectivity index (χ4v) is 4.53. The van der Waals surface area contributed by atoms with Gasteiger partial charge in [0.25, 0.3) is 0 Å². The summed E-state index contributed by atoms with van der Waals surface area (Å²) in [5.41, 5.74) is -1.34. The van der Waals surface area contributed by atoms with Crippen LogP contribution in [0.5, 0.6) is 0 Å². The van der Waals surface area contributed by atoms with Gasteiger partial charge in [-0.3, -0.25) is 4.79 Å². The molecule has 2 amide bonds. The number of nitrogens with zero attached hydrogens (tertiary/aromatic N) is 1. The summed E-state index contributed by atoms with van der Waals surface area (Å²) in [5, 5.41) is 0.110. The first kappa shape index (κ1) is 25.6. The van der Waals surface area contributed by atoms with Gasteiger partial charge in [0, 0.05) is 12.6 Å². The van der Waals surface area contributed by atoms with Gasteiger partial charge in [-0.1, -0.05) is 32.9 Å². The van der Waals surface area contributed by atoms with E-state index >= 15 is 0 Å². The number of carbonyl (C=O) groups excluding carboxylic acids is 2. The summed E-state index contributed by atoms with van der Waals surface area (Å²) in [6.45, 7) is 24.6. The van der Waals surface area contributed by atoms with Crippen LogP contribution in [0.15, 0.2) is 25.3 Å². The van der Waals surface area contributed by atoms with Crippen LogP contribution in [0.4, 0.5) is 4.79 Å². The molecule has 1 fully saturated rings. The molecule has 1 aliphatic heterocycles. The van der Waals surface area contributed by atoms with Gasteiger partial charge in [-0.05, 0) is 64.6 Å². The number of carbonyl (C=O) groups is 2. The van der Waals surface area contributed by atoms with Crippen molar-refractivity contribution in [3.8, 4) is 0 Å². The number of hydrogen-bond donors (Lipinski definition) is 0. The maximum absolute atomic E-state index is 13.4. The highest BCUT2D eigenvalue weighted by Gasteiger charge is 2.53. The molecule has 0 N–H and O–H groups in total. The Morgan fingerprint density at radius 1 is 1.17 bits per heavy atom. The lowest BCUT2D eigenvalue weighted by molar-refractivity contribution is -0.135. The van der Waals surface area contributed by atoms with Crippen molar-refractivity contribution < 1.29 is 18.8 Å². The van der Waals surface area contributed by atoms with Crippen molar-refractivity contribution in [3.63, 3.8) is 0 Å². The van der Waals surface area contributed by atoms with Crippen LogP contribution in [0.25, 0.3) is 0 Å². The molecule has 6 heteroatoms. The monoisotopic (exact) mass is 423 g/mol. The number of imide groups is 1. The van der Waals surface area contributed by atoms with Gasteiger partial charge < -0.3 is 9.16 Å². The molecule has 0 radical (unpaired) electrons. The molecule has 0 unspecified atom stereocenters. The Labute approximate surface area is 178 Å². The highest BCUT2D eigenvalue weighted by molar-refractivity contribution is 6.74. The molecule has 5 nitrogen and oxygen atoms in total. The summed E-state index contributed by atoms with van der Waals surface area (Å²) in [6.07, 6.45) is 5.13. The second kappa shape index (κ2) is 9.17. The van der Waals surface area contributed by atoms with E-state index in [2.05, 4.69) is 47.0 Å². The molecule has 29 heavy (non-hydrogen) atoms. The van der Waals surface area contributed by atoms with Crippen molar-refractivity contribution in [1.29, 1.82) is 0 Å². The number of allylic oxidation sites excluding steroid dienone is 2. The van der Waals surface area contributed by atoms with Crippen molar-refractivity contribution in [3.05, 3.63) is 25.3 Å². The summed E-state index contributed by atoms with van der Waals surface area (Å²) in [4.78, 5) is 27.6. The van der Waals surface area contributed by atoms with Crippen LogP contribution < -0.4 is 0 Å². The van der Waals surface area contributed by atoms with Crippen molar-refractivity contribution in [2.24, 2.45) is 5.41 Å². The summed E-state index contributed by atoms with van der Waals surface area (Å²) in [7, 11) is -1.90. The maximum Gasteiger partial charge on any atom is 0.417 e. The number of amides is 2. The van der Waals surface area contributed by atoms with Gasteiger partial charge in [0.05, 0.1) is 5.41 Å². The minimum Gasteiger partial charge on any atom is -0.443 e. The lowest BCUT2D eigenvalue weighted by Gasteiger charge is -2.36. The van der Waals surface area contributed by atoms with Gasteiger partial charge in [0.2, 0.25) is 5.91 Å². The first-order chi connectivity index (χ1) is 13.1. The fourth-order valence-electron chi connectivity index (χ4n) is 3.47. The van der Waals surface area contributed by atoms with Crippen molar-refractivity contribution in [1.82, 2.24) is 4.90 Å². The van der Waals surface area contributed by atoms with Gasteiger partial charge in [0.1, 0.15) is 5.60 Å². The molecule has 1 saturated heterocycles. The van der Waals surface area contributed by atoms with E-state index < -0.39 is 25.4 Å². The minimum absolute atomic E-state index is 0.110. The molecule has 1 rings (SSSR count). The Morgan fingerprint density at radius 2 is 1.69 bits per heavy atom. The fraction of sp³-hybridized carbons (Fsp3) is 0.739. The Bertz CT molecular complexity index is 618. The first-order valence-electron chi connectivity index (χ1n) is 10.5. The standard InChI is InChI=1S/C23H41NO4Si/c1-11-14-23(15-12-2)17-18(13-16-27-29(9,10)22(6,7)8)24(19(23)25)20(26)28-21(3,4)5/h11-12,18H,1-2,13-17H2,3-10H3/t18-/m0/s1. The second-order valence-electron chi connectivity index (χ2n) is 10.7. The van der Waals surface area contributed by atoms with E-state index in [4.69, 9.17) is 9.16 Å². The van der Waals surface area contributed by atoms with Crippen molar-refractivity contribution in [2.75, 3.05) is 6.61 Å². The van der Waals surface area contributed by atoms with Crippen LogP contribution in [-0.2, 0) is 14.0 Å². The molecular weight excluding hydrogens is 382 g/mol. The molecule has 0 saturated carbocycles. The lowest BCUT2D eigenvalue weighted by Crippen LogP contribution is -2.45. The zero-order valence-corrected chi connectivity index (χ0v) is 20.8. The molecule has 0 aromatic heterocycles. The molecule has 0 aliphatic carbocycles. The van der Waals surface area contributed by atoms with Crippen LogP contribution in [0.3, 0.4) is 0 Å². The van der Waals surface area contributed by atoms with E-state index in [0.717, 1.165) is 0 Å². The third-order valence-corrected chi connectivity index (χ3v) is 10.6. The van der Waals surface area contributed by atoms with Gasteiger partial charge in [0.15, 0.2) is 8.32 Å². The first-order valence-corrected chi connectivity index (χ1v) is 13.4. The molecule has 1 heterocycles. The van der Waals surface area contributed by atoms with Crippen molar-refractivity contribution in [2.45, 2.75) is 97.0 Å². The van der Waals surface area contributed by atoms with E-state index in [1.165, 1.54) is 4.90 Å². The Balaban J connectivity index is 3.09. The smallest absolute Gasteiger partial charge is 0.417 e.